The second-order valence-corrected chi connectivity index (χ2v) is 6.87. The number of carboxylic acid groups (broad SMARTS) is 2. The number of rotatable bonds is 12. The van der Waals surface area contributed by atoms with Crippen molar-refractivity contribution in [3.8, 4) is 0 Å². The average Bonchev–Trinajstić information content (AvgIpc) is 2.61. The molecule has 4 atom stereocenters. The Labute approximate surface area is 157 Å². The van der Waals surface area contributed by atoms with Gasteiger partial charge in [-0.25, -0.2) is 0 Å². The molecular weight excluding hydrogens is 338 g/mol. The summed E-state index contributed by atoms with van der Waals surface area (Å²) in [5, 5.41) is 18.9. The van der Waals surface area contributed by atoms with Gasteiger partial charge in [-0.15, -0.1) is 0 Å². The maximum absolute atomic E-state index is 10.9. The van der Waals surface area contributed by atoms with Gasteiger partial charge in [-0.1, -0.05) is 58.8 Å². The lowest BCUT2D eigenvalue weighted by Crippen LogP contribution is -2.58. The van der Waals surface area contributed by atoms with Crippen molar-refractivity contribution >= 4 is 12.4 Å². The number of methoxy groups -OCH3 is 1. The monoisotopic (exact) mass is 375 g/mol. The molecule has 0 aromatic carbocycles. The molecule has 0 aliphatic carbocycles. The Morgan fingerprint density at radius 1 is 1.23 bits per heavy atom. The zero-order chi connectivity index (χ0) is 19.8. The SMILES string of the molecule is CCCCCCCCC[C@@H]1OC[C@H](C)[C@H](OC)[C@@H]1NCC(=O)O.O=CO. The van der Waals surface area contributed by atoms with Crippen LogP contribution in [-0.2, 0) is 19.1 Å². The van der Waals surface area contributed by atoms with Crippen molar-refractivity contribution in [2.45, 2.75) is 83.5 Å². The van der Waals surface area contributed by atoms with E-state index < -0.39 is 5.97 Å². The Kier molecular flexibility index (Phi) is 15.3. The van der Waals surface area contributed by atoms with Gasteiger partial charge >= 0.3 is 5.97 Å². The van der Waals surface area contributed by atoms with Crippen molar-refractivity contribution in [3.63, 3.8) is 0 Å². The smallest absolute Gasteiger partial charge is 0.317 e. The van der Waals surface area contributed by atoms with Crippen molar-refractivity contribution in [2.24, 2.45) is 5.92 Å². The fourth-order valence-corrected chi connectivity index (χ4v) is 3.44. The number of aliphatic carboxylic acids is 1. The molecule has 0 aromatic heterocycles. The molecule has 0 aromatic rings. The summed E-state index contributed by atoms with van der Waals surface area (Å²) in [4.78, 5) is 19.2. The molecule has 154 valence electrons. The quantitative estimate of drug-likeness (QED) is 0.356. The second-order valence-electron chi connectivity index (χ2n) is 6.87. The van der Waals surface area contributed by atoms with E-state index in [4.69, 9.17) is 24.5 Å². The molecule has 0 radical (unpaired) electrons. The molecule has 7 heteroatoms. The summed E-state index contributed by atoms with van der Waals surface area (Å²) in [7, 11) is 1.70. The Bertz CT molecular complexity index is 366. The summed E-state index contributed by atoms with van der Waals surface area (Å²) < 4.78 is 11.6. The van der Waals surface area contributed by atoms with Crippen LogP contribution in [0.1, 0.15) is 65.2 Å². The lowest BCUT2D eigenvalue weighted by molar-refractivity contribution is -0.139. The molecule has 1 rings (SSSR count). The molecule has 26 heavy (non-hydrogen) atoms. The predicted octanol–water partition coefficient (Wildman–Crippen LogP) is 2.92. The first-order valence-electron chi connectivity index (χ1n) is 9.69. The Balaban J connectivity index is 0.00000194. The van der Waals surface area contributed by atoms with Gasteiger partial charge in [-0.05, 0) is 6.42 Å². The van der Waals surface area contributed by atoms with E-state index in [1.54, 1.807) is 7.11 Å². The van der Waals surface area contributed by atoms with Crippen LogP contribution in [0.3, 0.4) is 0 Å². The molecule has 0 bridgehead atoms. The fraction of sp³-hybridized carbons (Fsp3) is 0.895. The molecular formula is C19H37NO6. The number of unbranched alkanes of at least 4 members (excludes halogenated alkanes) is 6. The largest absolute Gasteiger partial charge is 0.483 e. The summed E-state index contributed by atoms with van der Waals surface area (Å²) >= 11 is 0. The highest BCUT2D eigenvalue weighted by atomic mass is 16.5. The number of hydrogen-bond acceptors (Lipinski definition) is 5. The average molecular weight is 376 g/mol. The minimum Gasteiger partial charge on any atom is -0.483 e. The third-order valence-corrected chi connectivity index (χ3v) is 4.74. The van der Waals surface area contributed by atoms with Crippen LogP contribution in [0.25, 0.3) is 0 Å². The highest BCUT2D eigenvalue weighted by Gasteiger charge is 2.38. The number of nitrogens with one attached hydrogen (secondary N) is 1. The van der Waals surface area contributed by atoms with Gasteiger partial charge in [0.2, 0.25) is 0 Å². The topological polar surface area (TPSA) is 105 Å². The van der Waals surface area contributed by atoms with Crippen LogP contribution >= 0.6 is 0 Å². The van der Waals surface area contributed by atoms with E-state index in [-0.39, 0.29) is 37.2 Å². The molecule has 0 amide bonds. The molecule has 0 spiro atoms. The number of ether oxygens (including phenoxy) is 2. The maximum Gasteiger partial charge on any atom is 0.317 e. The van der Waals surface area contributed by atoms with E-state index in [1.807, 2.05) is 0 Å². The number of carbonyl (C=O) groups is 2. The van der Waals surface area contributed by atoms with Crippen LogP contribution in [0.5, 0.6) is 0 Å². The third kappa shape index (κ3) is 10.7. The summed E-state index contributed by atoms with van der Waals surface area (Å²) in [6.07, 6.45) is 9.94. The lowest BCUT2D eigenvalue weighted by Gasteiger charge is -2.41. The van der Waals surface area contributed by atoms with Crippen LogP contribution in [-0.4, -0.2) is 61.2 Å². The minimum absolute atomic E-state index is 0.0117. The van der Waals surface area contributed by atoms with Gasteiger partial charge < -0.3 is 19.7 Å². The van der Waals surface area contributed by atoms with Gasteiger partial charge in [0.05, 0.1) is 31.4 Å². The highest BCUT2D eigenvalue weighted by Crippen LogP contribution is 2.26. The normalized spacial score (nSPS) is 25.2. The standard InChI is InChI=1S/C18H35NO4.CH2O2/c1-4-5-6-7-8-9-10-11-15-17(19-12-16(20)21)18(22-3)14(2)13-23-15;2-1-3/h14-15,17-19H,4-13H2,1-3H3,(H,20,21);1H,(H,2,3)/t14-,15-,17+,18-;/m0./s1. The highest BCUT2D eigenvalue weighted by molar-refractivity contribution is 5.69. The lowest BCUT2D eigenvalue weighted by atomic mass is 9.88. The van der Waals surface area contributed by atoms with Crippen molar-refractivity contribution in [2.75, 3.05) is 20.3 Å². The number of carboxylic acids is 1. The predicted molar refractivity (Wildman–Crippen MR) is 100 cm³/mol. The van der Waals surface area contributed by atoms with Crippen LogP contribution in [0.4, 0.5) is 0 Å². The summed E-state index contributed by atoms with van der Waals surface area (Å²) in [5.74, 6) is -0.565. The van der Waals surface area contributed by atoms with E-state index in [0.29, 0.717) is 6.61 Å². The van der Waals surface area contributed by atoms with Gasteiger partial charge in [0.1, 0.15) is 0 Å². The second kappa shape index (κ2) is 16.0. The first-order chi connectivity index (χ1) is 12.5. The number of hydrogen-bond donors (Lipinski definition) is 3. The third-order valence-electron chi connectivity index (χ3n) is 4.74. The zero-order valence-electron chi connectivity index (χ0n) is 16.5. The van der Waals surface area contributed by atoms with Crippen LogP contribution in [0.2, 0.25) is 0 Å². The Morgan fingerprint density at radius 3 is 2.35 bits per heavy atom. The van der Waals surface area contributed by atoms with Crippen molar-refractivity contribution in [3.05, 3.63) is 0 Å². The summed E-state index contributed by atoms with van der Waals surface area (Å²) in [5.41, 5.74) is 0. The van der Waals surface area contributed by atoms with Gasteiger partial charge in [0, 0.05) is 13.0 Å². The van der Waals surface area contributed by atoms with E-state index in [2.05, 4.69) is 19.2 Å². The van der Waals surface area contributed by atoms with Crippen molar-refractivity contribution in [1.82, 2.24) is 5.32 Å². The van der Waals surface area contributed by atoms with Crippen molar-refractivity contribution in [1.29, 1.82) is 0 Å². The molecule has 1 aliphatic rings. The maximum atomic E-state index is 10.9. The summed E-state index contributed by atoms with van der Waals surface area (Å²) in [6, 6.07) is -0.0417. The molecule has 7 nitrogen and oxygen atoms in total. The van der Waals surface area contributed by atoms with Crippen LogP contribution in [0, 0.1) is 5.92 Å². The summed E-state index contributed by atoms with van der Waals surface area (Å²) in [6.45, 7) is 4.71. The van der Waals surface area contributed by atoms with Gasteiger partial charge in [0.25, 0.3) is 6.47 Å². The minimum atomic E-state index is -0.840. The van der Waals surface area contributed by atoms with E-state index in [9.17, 15) is 4.79 Å². The van der Waals surface area contributed by atoms with Crippen LogP contribution in [0.15, 0.2) is 0 Å². The van der Waals surface area contributed by atoms with Gasteiger partial charge in [-0.2, -0.15) is 0 Å². The van der Waals surface area contributed by atoms with Gasteiger partial charge in [0.15, 0.2) is 0 Å². The van der Waals surface area contributed by atoms with E-state index in [1.165, 1.54) is 38.5 Å². The molecule has 3 N–H and O–H groups in total. The first kappa shape index (κ1) is 24.8. The zero-order valence-corrected chi connectivity index (χ0v) is 16.5. The molecule has 0 saturated carbocycles. The molecule has 1 heterocycles. The Morgan fingerprint density at radius 2 is 1.81 bits per heavy atom. The van der Waals surface area contributed by atoms with Gasteiger partial charge in [-0.3, -0.25) is 14.9 Å². The fourth-order valence-electron chi connectivity index (χ4n) is 3.44. The first-order valence-corrected chi connectivity index (χ1v) is 9.69. The van der Waals surface area contributed by atoms with Crippen molar-refractivity contribution < 1.29 is 29.3 Å². The molecule has 1 saturated heterocycles. The van der Waals surface area contributed by atoms with E-state index >= 15 is 0 Å². The molecule has 1 aliphatic heterocycles. The molecule has 1 fully saturated rings. The van der Waals surface area contributed by atoms with E-state index in [0.717, 1.165) is 12.8 Å². The Hall–Kier alpha value is -1.18. The molecule has 0 unspecified atom stereocenters. The van der Waals surface area contributed by atoms with Crippen LogP contribution < -0.4 is 5.32 Å².